The highest BCUT2D eigenvalue weighted by molar-refractivity contribution is 5.29. The average molecular weight is 292 g/mol. The third-order valence-electron chi connectivity index (χ3n) is 3.42. The van der Waals surface area contributed by atoms with Crippen molar-refractivity contribution in [3.63, 3.8) is 0 Å². The minimum absolute atomic E-state index is 0.223. The van der Waals surface area contributed by atoms with Gasteiger partial charge in [0.25, 0.3) is 0 Å². The van der Waals surface area contributed by atoms with Crippen molar-refractivity contribution in [1.82, 2.24) is 10.2 Å². The van der Waals surface area contributed by atoms with Crippen LogP contribution in [0.1, 0.15) is 45.7 Å². The van der Waals surface area contributed by atoms with Crippen LogP contribution in [-0.4, -0.2) is 38.2 Å². The van der Waals surface area contributed by atoms with Crippen molar-refractivity contribution in [2.45, 2.75) is 46.3 Å². The SMILES string of the molecule is CC(C)Oc1ccc([C@H](NCCCN(C)C)C(C)C)cc1. The number of rotatable bonds is 9. The standard InChI is InChI=1S/C18H32N2O/c1-14(2)18(19-12-7-13-20(5)6)16-8-10-17(11-9-16)21-15(3)4/h8-11,14-15,18-19H,7,12-13H2,1-6H3/t18-/m1/s1. The molecular weight excluding hydrogens is 260 g/mol. The first-order valence-corrected chi connectivity index (χ1v) is 8.05. The largest absolute Gasteiger partial charge is 0.491 e. The van der Waals surface area contributed by atoms with Crippen molar-refractivity contribution >= 4 is 0 Å². The Bertz CT molecular complexity index is 385. The normalized spacial score (nSPS) is 13.2. The molecule has 1 atom stereocenters. The van der Waals surface area contributed by atoms with Gasteiger partial charge in [0.05, 0.1) is 6.10 Å². The monoisotopic (exact) mass is 292 g/mol. The van der Waals surface area contributed by atoms with Crippen LogP contribution in [0.2, 0.25) is 0 Å². The van der Waals surface area contributed by atoms with Gasteiger partial charge in [0.15, 0.2) is 0 Å². The van der Waals surface area contributed by atoms with Gasteiger partial charge >= 0.3 is 0 Å². The molecule has 0 spiro atoms. The Morgan fingerprint density at radius 1 is 1.05 bits per heavy atom. The predicted octanol–water partition coefficient (Wildman–Crippen LogP) is 3.71. The average Bonchev–Trinajstić information content (AvgIpc) is 2.38. The lowest BCUT2D eigenvalue weighted by Crippen LogP contribution is -2.28. The maximum atomic E-state index is 5.71. The number of nitrogens with zero attached hydrogens (tertiary/aromatic N) is 1. The molecule has 0 saturated heterocycles. The molecule has 120 valence electrons. The Hall–Kier alpha value is -1.06. The third kappa shape index (κ3) is 6.96. The fourth-order valence-electron chi connectivity index (χ4n) is 2.42. The molecule has 0 saturated carbocycles. The van der Waals surface area contributed by atoms with Gasteiger partial charge in [0.2, 0.25) is 0 Å². The minimum Gasteiger partial charge on any atom is -0.491 e. The number of nitrogens with one attached hydrogen (secondary N) is 1. The van der Waals surface area contributed by atoms with Crippen LogP contribution < -0.4 is 10.1 Å². The van der Waals surface area contributed by atoms with Crippen LogP contribution in [0.4, 0.5) is 0 Å². The number of benzene rings is 1. The summed E-state index contributed by atoms with van der Waals surface area (Å²) in [5.41, 5.74) is 1.34. The molecule has 3 heteroatoms. The fraction of sp³-hybridized carbons (Fsp3) is 0.667. The lowest BCUT2D eigenvalue weighted by atomic mass is 9.96. The molecule has 21 heavy (non-hydrogen) atoms. The predicted molar refractivity (Wildman–Crippen MR) is 91.0 cm³/mol. The van der Waals surface area contributed by atoms with Crippen molar-refractivity contribution in [3.05, 3.63) is 29.8 Å². The van der Waals surface area contributed by atoms with Gasteiger partial charge in [-0.25, -0.2) is 0 Å². The number of hydrogen-bond acceptors (Lipinski definition) is 3. The molecule has 1 aromatic rings. The molecule has 1 N–H and O–H groups in total. The van der Waals surface area contributed by atoms with Crippen LogP contribution in [0.15, 0.2) is 24.3 Å². The van der Waals surface area contributed by atoms with Crippen LogP contribution in [0.25, 0.3) is 0 Å². The Labute approximate surface area is 130 Å². The highest BCUT2D eigenvalue weighted by Crippen LogP contribution is 2.24. The highest BCUT2D eigenvalue weighted by Gasteiger charge is 2.15. The van der Waals surface area contributed by atoms with E-state index in [1.807, 2.05) is 0 Å². The van der Waals surface area contributed by atoms with Gasteiger partial charge in [-0.2, -0.15) is 0 Å². The van der Waals surface area contributed by atoms with E-state index in [-0.39, 0.29) is 6.10 Å². The van der Waals surface area contributed by atoms with Gasteiger partial charge in [-0.05, 0) is 71.1 Å². The quantitative estimate of drug-likeness (QED) is 0.702. The summed E-state index contributed by atoms with van der Waals surface area (Å²) < 4.78 is 5.71. The second-order valence-corrected chi connectivity index (χ2v) is 6.57. The Kier molecular flexibility index (Phi) is 7.76. The van der Waals surface area contributed by atoms with Crippen molar-refractivity contribution in [2.75, 3.05) is 27.2 Å². The van der Waals surface area contributed by atoms with Crippen LogP contribution in [0, 0.1) is 5.92 Å². The van der Waals surface area contributed by atoms with Gasteiger partial charge in [0.1, 0.15) is 5.75 Å². The van der Waals surface area contributed by atoms with Gasteiger partial charge < -0.3 is 15.0 Å². The molecular formula is C18H32N2O. The highest BCUT2D eigenvalue weighted by atomic mass is 16.5. The summed E-state index contributed by atoms with van der Waals surface area (Å²) in [5, 5.41) is 3.68. The second kappa shape index (κ2) is 9.06. The molecule has 0 radical (unpaired) electrons. The van der Waals surface area contributed by atoms with E-state index in [1.54, 1.807) is 0 Å². The Morgan fingerprint density at radius 3 is 2.14 bits per heavy atom. The first-order valence-electron chi connectivity index (χ1n) is 8.05. The molecule has 0 heterocycles. The van der Waals surface area contributed by atoms with E-state index < -0.39 is 0 Å². The van der Waals surface area contributed by atoms with E-state index in [2.05, 4.69) is 76.3 Å². The molecule has 0 aliphatic heterocycles. The van der Waals surface area contributed by atoms with E-state index in [1.165, 1.54) is 12.0 Å². The summed E-state index contributed by atoms with van der Waals surface area (Å²) >= 11 is 0. The Morgan fingerprint density at radius 2 is 1.67 bits per heavy atom. The Balaban J connectivity index is 2.59. The van der Waals surface area contributed by atoms with Gasteiger partial charge in [-0.1, -0.05) is 26.0 Å². The lowest BCUT2D eigenvalue weighted by molar-refractivity contribution is 0.242. The lowest BCUT2D eigenvalue weighted by Gasteiger charge is -2.24. The van der Waals surface area contributed by atoms with Crippen molar-refractivity contribution in [3.8, 4) is 5.75 Å². The summed E-state index contributed by atoms with van der Waals surface area (Å²) in [4.78, 5) is 2.23. The first kappa shape index (κ1) is 18.0. The molecule has 1 rings (SSSR count). The zero-order valence-corrected chi connectivity index (χ0v) is 14.5. The van der Waals surface area contributed by atoms with Crippen LogP contribution in [0.3, 0.4) is 0 Å². The minimum atomic E-state index is 0.223. The van der Waals surface area contributed by atoms with E-state index in [4.69, 9.17) is 4.74 Å². The molecule has 1 aromatic carbocycles. The fourth-order valence-corrected chi connectivity index (χ4v) is 2.42. The summed E-state index contributed by atoms with van der Waals surface area (Å²) in [6.07, 6.45) is 1.39. The molecule has 0 aromatic heterocycles. The molecule has 0 amide bonds. The van der Waals surface area contributed by atoms with Gasteiger partial charge in [0, 0.05) is 6.04 Å². The van der Waals surface area contributed by atoms with Crippen molar-refractivity contribution in [2.24, 2.45) is 5.92 Å². The van der Waals surface area contributed by atoms with Crippen LogP contribution in [-0.2, 0) is 0 Å². The third-order valence-corrected chi connectivity index (χ3v) is 3.42. The zero-order chi connectivity index (χ0) is 15.8. The van der Waals surface area contributed by atoms with Crippen molar-refractivity contribution < 1.29 is 4.74 Å². The van der Waals surface area contributed by atoms with Gasteiger partial charge in [-0.3, -0.25) is 0 Å². The van der Waals surface area contributed by atoms with Crippen molar-refractivity contribution in [1.29, 1.82) is 0 Å². The van der Waals surface area contributed by atoms with E-state index in [0.717, 1.165) is 18.8 Å². The number of ether oxygens (including phenoxy) is 1. The van der Waals surface area contributed by atoms with E-state index >= 15 is 0 Å². The molecule has 0 bridgehead atoms. The summed E-state index contributed by atoms with van der Waals surface area (Å²) in [5.74, 6) is 1.52. The molecule has 0 aliphatic rings. The molecule has 0 unspecified atom stereocenters. The maximum absolute atomic E-state index is 5.71. The van der Waals surface area contributed by atoms with Gasteiger partial charge in [-0.15, -0.1) is 0 Å². The maximum Gasteiger partial charge on any atom is 0.119 e. The number of hydrogen-bond donors (Lipinski definition) is 1. The van der Waals surface area contributed by atoms with E-state index in [0.29, 0.717) is 12.0 Å². The summed E-state index contributed by atoms with van der Waals surface area (Å²) in [6, 6.07) is 8.92. The van der Waals surface area contributed by atoms with Crippen LogP contribution in [0.5, 0.6) is 5.75 Å². The summed E-state index contributed by atoms with van der Waals surface area (Å²) in [6.45, 7) is 10.8. The topological polar surface area (TPSA) is 24.5 Å². The van der Waals surface area contributed by atoms with E-state index in [9.17, 15) is 0 Å². The molecule has 3 nitrogen and oxygen atoms in total. The second-order valence-electron chi connectivity index (χ2n) is 6.57. The zero-order valence-electron chi connectivity index (χ0n) is 14.5. The summed E-state index contributed by atoms with van der Waals surface area (Å²) in [7, 11) is 4.24. The molecule has 0 fully saturated rings. The smallest absolute Gasteiger partial charge is 0.119 e. The van der Waals surface area contributed by atoms with Crippen LogP contribution >= 0.6 is 0 Å². The first-order chi connectivity index (χ1) is 9.90. The molecule has 0 aliphatic carbocycles.